The molecule has 1 fully saturated rings. The highest BCUT2D eigenvalue weighted by atomic mass is 16.6. The molecule has 0 saturated carbocycles. The second kappa shape index (κ2) is 6.60. The summed E-state index contributed by atoms with van der Waals surface area (Å²) in [6.07, 6.45) is 0.0448. The van der Waals surface area contributed by atoms with Crippen molar-refractivity contribution in [3.05, 3.63) is 17.5 Å². The first kappa shape index (κ1) is 15.3. The van der Waals surface area contributed by atoms with Crippen LogP contribution in [0.15, 0.2) is 6.07 Å². The van der Waals surface area contributed by atoms with E-state index >= 15 is 0 Å². The molecule has 0 aromatic carbocycles. The quantitative estimate of drug-likeness (QED) is 0.817. The molecule has 0 N–H and O–H groups in total. The summed E-state index contributed by atoms with van der Waals surface area (Å²) in [5.74, 6) is 0.0708. The van der Waals surface area contributed by atoms with Gasteiger partial charge in [0.15, 0.2) is 0 Å². The first-order valence-electron chi connectivity index (χ1n) is 7.20. The zero-order valence-electron chi connectivity index (χ0n) is 12.8. The molecule has 1 aromatic rings. The summed E-state index contributed by atoms with van der Waals surface area (Å²) in [6, 6.07) is 1.92. The predicted molar refractivity (Wildman–Crippen MR) is 76.8 cm³/mol. The van der Waals surface area contributed by atoms with Gasteiger partial charge in [-0.05, 0) is 19.9 Å². The van der Waals surface area contributed by atoms with Crippen molar-refractivity contribution in [1.29, 1.82) is 0 Å². The Bertz CT molecular complexity index is 518. The molecule has 1 aliphatic rings. The van der Waals surface area contributed by atoms with Crippen LogP contribution in [0.4, 0.5) is 4.79 Å². The normalized spacial score (nSPS) is 15.2. The molecule has 2 heterocycles. The SMILES string of the molecule is CCOC(=O)N1CCN(C(=O)Cc2cc(C)nn2C)CC1. The molecule has 0 radical (unpaired) electrons. The third kappa shape index (κ3) is 3.74. The second-order valence-electron chi connectivity index (χ2n) is 5.14. The van der Waals surface area contributed by atoms with Crippen LogP contribution in [0, 0.1) is 6.92 Å². The van der Waals surface area contributed by atoms with E-state index < -0.39 is 0 Å². The number of carbonyl (C=O) groups is 2. The van der Waals surface area contributed by atoms with E-state index in [1.165, 1.54) is 0 Å². The first-order valence-corrected chi connectivity index (χ1v) is 7.20. The highest BCUT2D eigenvalue weighted by molar-refractivity contribution is 5.79. The summed E-state index contributed by atoms with van der Waals surface area (Å²) in [7, 11) is 1.84. The van der Waals surface area contributed by atoms with Crippen LogP contribution in [-0.4, -0.2) is 64.4 Å². The number of ether oxygens (including phenoxy) is 1. The molecule has 116 valence electrons. The number of aromatic nitrogens is 2. The van der Waals surface area contributed by atoms with E-state index in [1.54, 1.807) is 21.4 Å². The summed E-state index contributed by atoms with van der Waals surface area (Å²) < 4.78 is 6.70. The summed E-state index contributed by atoms with van der Waals surface area (Å²) in [5.41, 5.74) is 1.82. The standard InChI is InChI=1S/C14H22N4O3/c1-4-21-14(20)18-7-5-17(6-8-18)13(19)10-12-9-11(2)15-16(12)3/h9H,4-8,10H2,1-3H3. The van der Waals surface area contributed by atoms with E-state index in [0.29, 0.717) is 39.2 Å². The van der Waals surface area contributed by atoms with Crippen molar-refractivity contribution in [3.8, 4) is 0 Å². The van der Waals surface area contributed by atoms with Crippen molar-refractivity contribution in [2.24, 2.45) is 7.05 Å². The van der Waals surface area contributed by atoms with Gasteiger partial charge in [-0.1, -0.05) is 0 Å². The van der Waals surface area contributed by atoms with Crippen LogP contribution >= 0.6 is 0 Å². The number of rotatable bonds is 3. The average molecular weight is 294 g/mol. The van der Waals surface area contributed by atoms with Crippen molar-refractivity contribution in [1.82, 2.24) is 19.6 Å². The molecule has 1 aromatic heterocycles. The van der Waals surface area contributed by atoms with Gasteiger partial charge >= 0.3 is 6.09 Å². The Morgan fingerprint density at radius 2 is 1.86 bits per heavy atom. The van der Waals surface area contributed by atoms with E-state index in [1.807, 2.05) is 20.0 Å². The van der Waals surface area contributed by atoms with E-state index in [0.717, 1.165) is 11.4 Å². The molecule has 21 heavy (non-hydrogen) atoms. The zero-order chi connectivity index (χ0) is 15.4. The Hall–Kier alpha value is -2.05. The summed E-state index contributed by atoms with van der Waals surface area (Å²) in [5, 5.41) is 4.24. The van der Waals surface area contributed by atoms with Gasteiger partial charge in [0.1, 0.15) is 0 Å². The molecule has 0 bridgehead atoms. The lowest BCUT2D eigenvalue weighted by atomic mass is 10.2. The zero-order valence-corrected chi connectivity index (χ0v) is 12.8. The first-order chi connectivity index (χ1) is 10.0. The maximum absolute atomic E-state index is 12.3. The number of aryl methyl sites for hydroxylation is 2. The molecule has 0 spiro atoms. The van der Waals surface area contributed by atoms with Gasteiger partial charge in [-0.25, -0.2) is 4.79 Å². The Balaban J connectivity index is 1.86. The molecule has 0 aliphatic carbocycles. The molecule has 7 heteroatoms. The summed E-state index contributed by atoms with van der Waals surface area (Å²) in [4.78, 5) is 27.3. The average Bonchev–Trinajstić information content (AvgIpc) is 2.77. The maximum Gasteiger partial charge on any atom is 0.409 e. The van der Waals surface area contributed by atoms with Crippen LogP contribution in [0.25, 0.3) is 0 Å². The van der Waals surface area contributed by atoms with E-state index in [2.05, 4.69) is 5.10 Å². The summed E-state index contributed by atoms with van der Waals surface area (Å²) >= 11 is 0. The second-order valence-corrected chi connectivity index (χ2v) is 5.14. The Morgan fingerprint density at radius 1 is 1.24 bits per heavy atom. The fourth-order valence-corrected chi connectivity index (χ4v) is 2.45. The summed E-state index contributed by atoms with van der Waals surface area (Å²) in [6.45, 7) is 6.21. The molecule has 7 nitrogen and oxygen atoms in total. The fourth-order valence-electron chi connectivity index (χ4n) is 2.45. The van der Waals surface area contributed by atoms with Gasteiger partial charge in [0.25, 0.3) is 0 Å². The lowest BCUT2D eigenvalue weighted by molar-refractivity contribution is -0.132. The van der Waals surface area contributed by atoms with Gasteiger partial charge < -0.3 is 14.5 Å². The number of carbonyl (C=O) groups excluding carboxylic acids is 2. The molecule has 2 amide bonds. The van der Waals surface area contributed by atoms with E-state index in [4.69, 9.17) is 4.74 Å². The van der Waals surface area contributed by atoms with Crippen molar-refractivity contribution < 1.29 is 14.3 Å². The molecule has 0 atom stereocenters. The van der Waals surface area contributed by atoms with Crippen LogP contribution in [0.1, 0.15) is 18.3 Å². The largest absolute Gasteiger partial charge is 0.450 e. The predicted octanol–water partition coefficient (Wildman–Crippen LogP) is 0.572. The topological polar surface area (TPSA) is 67.7 Å². The van der Waals surface area contributed by atoms with E-state index in [-0.39, 0.29) is 12.0 Å². The highest BCUT2D eigenvalue weighted by Crippen LogP contribution is 2.09. The van der Waals surface area contributed by atoms with Crippen LogP contribution in [-0.2, 0) is 23.0 Å². The fraction of sp³-hybridized carbons (Fsp3) is 0.643. The van der Waals surface area contributed by atoms with Crippen LogP contribution in [0.5, 0.6) is 0 Å². The minimum absolute atomic E-state index is 0.0708. The third-order valence-corrected chi connectivity index (χ3v) is 3.59. The Labute approximate surface area is 124 Å². The molecule has 0 unspecified atom stereocenters. The highest BCUT2D eigenvalue weighted by Gasteiger charge is 2.25. The van der Waals surface area contributed by atoms with Gasteiger partial charge in [-0.3, -0.25) is 9.48 Å². The number of hydrogen-bond donors (Lipinski definition) is 0. The molecular weight excluding hydrogens is 272 g/mol. The van der Waals surface area contributed by atoms with Crippen molar-refractivity contribution in [2.75, 3.05) is 32.8 Å². The number of amides is 2. The lowest BCUT2D eigenvalue weighted by Crippen LogP contribution is -2.51. The van der Waals surface area contributed by atoms with Crippen LogP contribution in [0.3, 0.4) is 0 Å². The molecule has 2 rings (SSSR count). The maximum atomic E-state index is 12.3. The van der Waals surface area contributed by atoms with Gasteiger partial charge in [-0.15, -0.1) is 0 Å². The van der Waals surface area contributed by atoms with Gasteiger partial charge in [0, 0.05) is 38.9 Å². The van der Waals surface area contributed by atoms with Gasteiger partial charge in [0.05, 0.1) is 18.7 Å². The van der Waals surface area contributed by atoms with E-state index in [9.17, 15) is 9.59 Å². The number of piperazine rings is 1. The monoisotopic (exact) mass is 294 g/mol. The van der Waals surface area contributed by atoms with Crippen molar-refractivity contribution >= 4 is 12.0 Å². The van der Waals surface area contributed by atoms with Crippen molar-refractivity contribution in [3.63, 3.8) is 0 Å². The lowest BCUT2D eigenvalue weighted by Gasteiger charge is -2.34. The van der Waals surface area contributed by atoms with Crippen LogP contribution in [0.2, 0.25) is 0 Å². The minimum atomic E-state index is -0.299. The molecule has 1 aliphatic heterocycles. The minimum Gasteiger partial charge on any atom is -0.450 e. The smallest absolute Gasteiger partial charge is 0.409 e. The molecule has 1 saturated heterocycles. The van der Waals surface area contributed by atoms with Gasteiger partial charge in [-0.2, -0.15) is 5.10 Å². The van der Waals surface area contributed by atoms with Gasteiger partial charge in [0.2, 0.25) is 5.91 Å². The number of nitrogens with zero attached hydrogens (tertiary/aromatic N) is 4. The van der Waals surface area contributed by atoms with Crippen LogP contribution < -0.4 is 0 Å². The molecular formula is C14H22N4O3. The number of hydrogen-bond acceptors (Lipinski definition) is 4. The Morgan fingerprint density at radius 3 is 2.38 bits per heavy atom. The Kier molecular flexibility index (Phi) is 4.82. The third-order valence-electron chi connectivity index (χ3n) is 3.59. The van der Waals surface area contributed by atoms with Crippen molar-refractivity contribution in [2.45, 2.75) is 20.3 Å².